The zero-order valence-electron chi connectivity index (χ0n) is 9.57. The van der Waals surface area contributed by atoms with Crippen molar-refractivity contribution in [2.24, 2.45) is 5.73 Å². The maximum atomic E-state index is 13.3. The van der Waals surface area contributed by atoms with Crippen LogP contribution in [0.1, 0.15) is 5.56 Å². The highest BCUT2D eigenvalue weighted by atomic mass is 19.1. The molecule has 0 aromatic heterocycles. The van der Waals surface area contributed by atoms with Gasteiger partial charge < -0.3 is 15.4 Å². The fraction of sp³-hybridized carbons (Fsp3) is 0.273. The number of ether oxygens (including phenoxy) is 1. The monoisotopic (exact) mass is 240 g/mol. The first-order valence-corrected chi connectivity index (χ1v) is 4.83. The fourth-order valence-electron chi connectivity index (χ4n) is 1.34. The summed E-state index contributed by atoms with van der Waals surface area (Å²) < 4.78 is 18.1. The third-order valence-electron chi connectivity index (χ3n) is 2.19. The zero-order chi connectivity index (χ0) is 13.0. The molecule has 1 aromatic carbocycles. The highest BCUT2D eigenvalue weighted by Gasteiger charge is 2.15. The first-order chi connectivity index (χ1) is 7.95. The van der Waals surface area contributed by atoms with Gasteiger partial charge in [-0.2, -0.15) is 0 Å². The van der Waals surface area contributed by atoms with Crippen LogP contribution in [0, 0.1) is 5.82 Å². The molecule has 0 aliphatic heterocycles. The molecule has 92 valence electrons. The summed E-state index contributed by atoms with van der Waals surface area (Å²) in [6.07, 6.45) is 0. The van der Waals surface area contributed by atoms with Crippen molar-refractivity contribution in [3.05, 3.63) is 29.6 Å². The number of amides is 2. The van der Waals surface area contributed by atoms with Gasteiger partial charge in [-0.15, -0.1) is 0 Å². The van der Waals surface area contributed by atoms with Gasteiger partial charge in [0.2, 0.25) is 0 Å². The van der Waals surface area contributed by atoms with E-state index in [0.717, 1.165) is 4.90 Å². The number of benzene rings is 1. The average Bonchev–Trinajstić information content (AvgIpc) is 2.28. The number of nitrogens with zero attached hydrogens (tertiary/aromatic N) is 1. The molecule has 0 aliphatic rings. The van der Waals surface area contributed by atoms with Gasteiger partial charge in [0.15, 0.2) is 11.6 Å². The summed E-state index contributed by atoms with van der Waals surface area (Å²) in [5, 5.41) is 0. The molecule has 0 bridgehead atoms. The molecule has 0 spiro atoms. The minimum absolute atomic E-state index is 0.0999. The molecular weight excluding hydrogens is 227 g/mol. The second-order valence-corrected chi connectivity index (χ2v) is 3.49. The van der Waals surface area contributed by atoms with Crippen LogP contribution in [0.3, 0.4) is 0 Å². The lowest BCUT2D eigenvalue weighted by molar-refractivity contribution is -0.143. The third-order valence-corrected chi connectivity index (χ3v) is 2.19. The Bertz CT molecular complexity index is 448. The van der Waals surface area contributed by atoms with Crippen molar-refractivity contribution in [1.82, 2.24) is 4.90 Å². The summed E-state index contributed by atoms with van der Waals surface area (Å²) >= 11 is 0. The van der Waals surface area contributed by atoms with Crippen LogP contribution in [0.4, 0.5) is 4.39 Å². The van der Waals surface area contributed by atoms with Gasteiger partial charge in [0.05, 0.1) is 7.11 Å². The molecule has 0 aliphatic carbocycles. The number of hydrogen-bond acceptors (Lipinski definition) is 3. The molecule has 1 rings (SSSR count). The van der Waals surface area contributed by atoms with Gasteiger partial charge in [-0.1, -0.05) is 6.07 Å². The fourth-order valence-corrected chi connectivity index (χ4v) is 1.34. The Balaban J connectivity index is 2.79. The predicted molar refractivity (Wildman–Crippen MR) is 58.6 cm³/mol. The Morgan fingerprint density at radius 1 is 1.47 bits per heavy atom. The van der Waals surface area contributed by atoms with Gasteiger partial charge in [0, 0.05) is 13.6 Å². The molecule has 17 heavy (non-hydrogen) atoms. The summed E-state index contributed by atoms with van der Waals surface area (Å²) in [5.74, 6) is -2.26. The van der Waals surface area contributed by atoms with Crippen LogP contribution < -0.4 is 10.5 Å². The van der Waals surface area contributed by atoms with Crippen LogP contribution in [0.2, 0.25) is 0 Å². The van der Waals surface area contributed by atoms with Crippen molar-refractivity contribution in [3.8, 4) is 5.75 Å². The molecule has 6 heteroatoms. The van der Waals surface area contributed by atoms with Crippen LogP contribution >= 0.6 is 0 Å². The SMILES string of the molecule is COc1ccc(CN(C)C(=O)C(N)=O)cc1F. The quantitative estimate of drug-likeness (QED) is 0.771. The van der Waals surface area contributed by atoms with Crippen molar-refractivity contribution in [2.45, 2.75) is 6.54 Å². The number of primary amides is 1. The van der Waals surface area contributed by atoms with E-state index in [1.165, 1.54) is 26.3 Å². The van der Waals surface area contributed by atoms with Gasteiger partial charge in [-0.25, -0.2) is 4.39 Å². The molecule has 0 radical (unpaired) electrons. The van der Waals surface area contributed by atoms with E-state index in [4.69, 9.17) is 10.5 Å². The first kappa shape index (κ1) is 13.0. The molecule has 0 saturated heterocycles. The third kappa shape index (κ3) is 3.17. The molecule has 0 atom stereocenters. The number of rotatable bonds is 3. The number of likely N-dealkylation sites (N-methyl/N-ethyl adjacent to an activating group) is 1. The zero-order valence-corrected chi connectivity index (χ0v) is 9.57. The molecule has 0 unspecified atom stereocenters. The van der Waals surface area contributed by atoms with Crippen molar-refractivity contribution in [3.63, 3.8) is 0 Å². The van der Waals surface area contributed by atoms with Crippen LogP contribution in [-0.2, 0) is 16.1 Å². The molecule has 1 aromatic rings. The topological polar surface area (TPSA) is 72.6 Å². The second kappa shape index (κ2) is 5.29. The van der Waals surface area contributed by atoms with Crippen molar-refractivity contribution in [1.29, 1.82) is 0 Å². The van der Waals surface area contributed by atoms with Crippen LogP contribution in [0.5, 0.6) is 5.75 Å². The molecule has 0 saturated carbocycles. The molecule has 2 N–H and O–H groups in total. The molecule has 2 amide bonds. The van der Waals surface area contributed by atoms with Crippen molar-refractivity contribution < 1.29 is 18.7 Å². The highest BCUT2D eigenvalue weighted by Crippen LogP contribution is 2.18. The molecule has 0 heterocycles. The molecular formula is C11H13FN2O3. The van der Waals surface area contributed by atoms with E-state index in [2.05, 4.69) is 0 Å². The average molecular weight is 240 g/mol. The van der Waals surface area contributed by atoms with Gasteiger partial charge in [0.1, 0.15) is 0 Å². The number of methoxy groups -OCH3 is 1. The smallest absolute Gasteiger partial charge is 0.311 e. The lowest BCUT2D eigenvalue weighted by Crippen LogP contribution is -2.37. The number of carbonyl (C=O) groups is 2. The maximum absolute atomic E-state index is 13.3. The standard InChI is InChI=1S/C11H13FN2O3/c1-14(11(16)10(13)15)6-7-3-4-9(17-2)8(12)5-7/h3-5H,6H2,1-2H3,(H2,13,15). The number of halogens is 1. The van der Waals surface area contributed by atoms with Crippen molar-refractivity contribution >= 4 is 11.8 Å². The maximum Gasteiger partial charge on any atom is 0.311 e. The number of carbonyl (C=O) groups excluding carboxylic acids is 2. The van der Waals surface area contributed by atoms with E-state index in [1.54, 1.807) is 6.07 Å². The van der Waals surface area contributed by atoms with Crippen LogP contribution in [-0.4, -0.2) is 30.9 Å². The van der Waals surface area contributed by atoms with Gasteiger partial charge in [-0.05, 0) is 17.7 Å². The Morgan fingerprint density at radius 2 is 2.12 bits per heavy atom. The summed E-state index contributed by atoms with van der Waals surface area (Å²) in [7, 11) is 2.77. The molecule has 5 nitrogen and oxygen atoms in total. The Morgan fingerprint density at radius 3 is 2.59 bits per heavy atom. The summed E-state index contributed by atoms with van der Waals surface area (Å²) in [4.78, 5) is 22.9. The van der Waals surface area contributed by atoms with E-state index >= 15 is 0 Å². The Kier molecular flexibility index (Phi) is 4.03. The summed E-state index contributed by atoms with van der Waals surface area (Å²) in [6.45, 7) is 0.0999. The largest absolute Gasteiger partial charge is 0.494 e. The minimum atomic E-state index is -1.04. The van der Waals surface area contributed by atoms with E-state index in [9.17, 15) is 14.0 Å². The second-order valence-electron chi connectivity index (χ2n) is 3.49. The van der Waals surface area contributed by atoms with Gasteiger partial charge in [0.25, 0.3) is 0 Å². The van der Waals surface area contributed by atoms with E-state index in [0.29, 0.717) is 5.56 Å². The first-order valence-electron chi connectivity index (χ1n) is 4.83. The predicted octanol–water partition coefficient (Wildman–Crippen LogP) is 0.278. The minimum Gasteiger partial charge on any atom is -0.494 e. The van der Waals surface area contributed by atoms with Gasteiger partial charge in [-0.3, -0.25) is 9.59 Å². The highest BCUT2D eigenvalue weighted by molar-refractivity contribution is 6.34. The van der Waals surface area contributed by atoms with E-state index in [-0.39, 0.29) is 12.3 Å². The number of hydrogen-bond donors (Lipinski definition) is 1. The van der Waals surface area contributed by atoms with E-state index < -0.39 is 17.6 Å². The van der Waals surface area contributed by atoms with E-state index in [1.807, 2.05) is 0 Å². The lowest BCUT2D eigenvalue weighted by Gasteiger charge is -2.15. The van der Waals surface area contributed by atoms with Crippen molar-refractivity contribution in [2.75, 3.05) is 14.2 Å². The Labute approximate surface area is 98.0 Å². The summed E-state index contributed by atoms with van der Waals surface area (Å²) in [6, 6.07) is 4.30. The number of nitrogens with two attached hydrogens (primary N) is 1. The van der Waals surface area contributed by atoms with Crippen LogP contribution in [0.15, 0.2) is 18.2 Å². The Hall–Kier alpha value is -2.11. The van der Waals surface area contributed by atoms with Gasteiger partial charge >= 0.3 is 11.8 Å². The summed E-state index contributed by atoms with van der Waals surface area (Å²) in [5.41, 5.74) is 5.38. The molecule has 0 fully saturated rings. The van der Waals surface area contributed by atoms with Crippen LogP contribution in [0.25, 0.3) is 0 Å². The normalized spacial score (nSPS) is 9.82. The lowest BCUT2D eigenvalue weighted by atomic mass is 10.2.